The highest BCUT2D eigenvalue weighted by Crippen LogP contribution is 2.29. The molecular weight excluding hydrogens is 432 g/mol. The van der Waals surface area contributed by atoms with Crippen molar-refractivity contribution < 1.29 is 18.1 Å². The van der Waals surface area contributed by atoms with Gasteiger partial charge in [0.2, 0.25) is 10.0 Å². The molecule has 0 aliphatic carbocycles. The summed E-state index contributed by atoms with van der Waals surface area (Å²) in [6.45, 7) is 8.90. The fourth-order valence-electron chi connectivity index (χ4n) is 2.87. The summed E-state index contributed by atoms with van der Waals surface area (Å²) in [6.07, 6.45) is 2.49. The lowest BCUT2D eigenvalue weighted by Crippen LogP contribution is -2.30. The van der Waals surface area contributed by atoms with Crippen molar-refractivity contribution in [2.45, 2.75) is 39.0 Å². The van der Waals surface area contributed by atoms with Gasteiger partial charge in [-0.25, -0.2) is 8.42 Å². The van der Waals surface area contributed by atoms with E-state index < -0.39 is 14.9 Å². The Hall–Kier alpha value is -2.98. The van der Waals surface area contributed by atoms with Crippen LogP contribution in [-0.4, -0.2) is 43.6 Å². The van der Waals surface area contributed by atoms with Gasteiger partial charge in [-0.3, -0.25) is 15.5 Å². The normalized spacial score (nSPS) is 11.9. The van der Waals surface area contributed by atoms with Gasteiger partial charge in [0, 0.05) is 19.2 Å². The molecule has 0 heterocycles. The average molecular weight is 463 g/mol. The van der Waals surface area contributed by atoms with E-state index in [-0.39, 0.29) is 29.4 Å². The Kier molecular flexibility index (Phi) is 9.15. The third kappa shape index (κ3) is 6.76. The number of hydrazone groups is 1. The number of nitro groups is 1. The number of benzene rings is 2. The minimum absolute atomic E-state index is 0.0957. The summed E-state index contributed by atoms with van der Waals surface area (Å²) in [4.78, 5) is 10.7. The molecule has 0 unspecified atom stereocenters. The minimum Gasteiger partial charge on any atom is -0.494 e. The maximum atomic E-state index is 12.6. The molecule has 0 amide bonds. The summed E-state index contributed by atoms with van der Waals surface area (Å²) < 4.78 is 32.2. The van der Waals surface area contributed by atoms with Gasteiger partial charge in [-0.15, -0.1) is 0 Å². The smallest absolute Gasteiger partial charge is 0.295 e. The highest BCUT2D eigenvalue weighted by molar-refractivity contribution is 7.89. The van der Waals surface area contributed by atoms with Crippen LogP contribution in [0.5, 0.6) is 5.75 Å². The first-order valence-electron chi connectivity index (χ1n) is 10.5. The van der Waals surface area contributed by atoms with Gasteiger partial charge < -0.3 is 4.74 Å². The van der Waals surface area contributed by atoms with Crippen molar-refractivity contribution in [3.63, 3.8) is 0 Å². The summed E-state index contributed by atoms with van der Waals surface area (Å²) in [5.74, 6) is 1.33. The second kappa shape index (κ2) is 11.6. The Labute approximate surface area is 189 Å². The van der Waals surface area contributed by atoms with Gasteiger partial charge in [-0.1, -0.05) is 27.7 Å². The lowest BCUT2D eigenvalue weighted by Gasteiger charge is -2.18. The van der Waals surface area contributed by atoms with Crippen molar-refractivity contribution in [3.05, 3.63) is 58.1 Å². The Balaban J connectivity index is 2.12. The van der Waals surface area contributed by atoms with E-state index >= 15 is 0 Å². The molecular formula is C22H30N4O5S. The summed E-state index contributed by atoms with van der Waals surface area (Å²) in [7, 11) is -3.80. The molecule has 0 saturated heterocycles. The third-order valence-electron chi connectivity index (χ3n) is 4.75. The number of hydrogen-bond donors (Lipinski definition) is 1. The van der Waals surface area contributed by atoms with Crippen LogP contribution in [0, 0.1) is 16.0 Å². The molecule has 0 radical (unpaired) electrons. The van der Waals surface area contributed by atoms with Crippen LogP contribution < -0.4 is 10.2 Å². The van der Waals surface area contributed by atoms with Gasteiger partial charge >= 0.3 is 0 Å². The summed E-state index contributed by atoms with van der Waals surface area (Å²) in [6, 6.07) is 11.0. The van der Waals surface area contributed by atoms with E-state index in [2.05, 4.69) is 24.4 Å². The molecule has 0 saturated carbocycles. The zero-order valence-electron chi connectivity index (χ0n) is 18.8. The fraction of sp³-hybridized carbons (Fsp3) is 0.409. The Morgan fingerprint density at radius 3 is 2.38 bits per heavy atom. The van der Waals surface area contributed by atoms with Gasteiger partial charge in [-0.2, -0.15) is 9.41 Å². The number of nitrogens with zero attached hydrogens (tertiary/aromatic N) is 3. The Morgan fingerprint density at radius 1 is 1.16 bits per heavy atom. The standard InChI is InChI=1S/C22H30N4O5S/c1-5-25(6-2)32(29,30)20-11-12-21(22(15-20)26(27)28)24-23-16-18-7-9-19(10-8-18)31-14-13-17(3)4/h7-12,15-17,24H,5-6,13-14H2,1-4H3/b23-16-. The Bertz CT molecular complexity index is 1030. The highest BCUT2D eigenvalue weighted by Gasteiger charge is 2.25. The number of sulfonamides is 1. The van der Waals surface area contributed by atoms with Gasteiger partial charge in [0.25, 0.3) is 5.69 Å². The molecule has 10 heteroatoms. The third-order valence-corrected chi connectivity index (χ3v) is 6.80. The van der Waals surface area contributed by atoms with Crippen LogP contribution in [0.4, 0.5) is 11.4 Å². The van der Waals surface area contributed by atoms with Crippen LogP contribution in [0.15, 0.2) is 52.5 Å². The molecule has 174 valence electrons. The summed E-state index contributed by atoms with van der Waals surface area (Å²) in [5.41, 5.74) is 3.13. The van der Waals surface area contributed by atoms with Crippen LogP contribution in [0.25, 0.3) is 0 Å². The van der Waals surface area contributed by atoms with Crippen LogP contribution >= 0.6 is 0 Å². The minimum atomic E-state index is -3.80. The molecule has 9 nitrogen and oxygen atoms in total. The largest absolute Gasteiger partial charge is 0.494 e. The zero-order valence-corrected chi connectivity index (χ0v) is 19.6. The number of nitro benzene ring substituents is 1. The van der Waals surface area contributed by atoms with E-state index in [0.29, 0.717) is 12.5 Å². The molecule has 0 atom stereocenters. The topological polar surface area (TPSA) is 114 Å². The van der Waals surface area contributed by atoms with Crippen molar-refractivity contribution in [3.8, 4) is 5.75 Å². The van der Waals surface area contributed by atoms with Crippen LogP contribution in [0.3, 0.4) is 0 Å². The molecule has 1 N–H and O–H groups in total. The quantitative estimate of drug-likeness (QED) is 0.282. The average Bonchev–Trinajstić information content (AvgIpc) is 2.75. The van der Waals surface area contributed by atoms with Crippen molar-refractivity contribution in [2.24, 2.45) is 11.0 Å². The predicted molar refractivity (Wildman–Crippen MR) is 126 cm³/mol. The van der Waals surface area contributed by atoms with E-state index in [4.69, 9.17) is 4.74 Å². The summed E-state index contributed by atoms with van der Waals surface area (Å²) in [5, 5.41) is 15.5. The second-order valence-corrected chi connectivity index (χ2v) is 9.43. The first-order valence-corrected chi connectivity index (χ1v) is 11.9. The molecule has 0 fully saturated rings. The van der Waals surface area contributed by atoms with E-state index in [0.717, 1.165) is 23.8 Å². The van der Waals surface area contributed by atoms with E-state index in [1.807, 2.05) is 24.3 Å². The molecule has 0 aliphatic heterocycles. The van der Waals surface area contributed by atoms with Gasteiger partial charge in [0.15, 0.2) is 0 Å². The van der Waals surface area contributed by atoms with Gasteiger partial charge in [0.1, 0.15) is 11.4 Å². The van der Waals surface area contributed by atoms with Gasteiger partial charge in [0.05, 0.1) is 22.6 Å². The molecule has 0 bridgehead atoms. The number of anilines is 1. The summed E-state index contributed by atoms with van der Waals surface area (Å²) >= 11 is 0. The molecule has 2 aromatic carbocycles. The van der Waals surface area contributed by atoms with Crippen molar-refractivity contribution in [2.75, 3.05) is 25.1 Å². The first-order chi connectivity index (χ1) is 15.2. The van der Waals surface area contributed by atoms with Crippen LogP contribution in [0.2, 0.25) is 0 Å². The maximum absolute atomic E-state index is 12.6. The lowest BCUT2D eigenvalue weighted by atomic mass is 10.1. The molecule has 32 heavy (non-hydrogen) atoms. The number of rotatable bonds is 12. The van der Waals surface area contributed by atoms with Gasteiger partial charge in [-0.05, 0) is 54.3 Å². The van der Waals surface area contributed by atoms with Crippen LogP contribution in [0.1, 0.15) is 39.7 Å². The lowest BCUT2D eigenvalue weighted by molar-refractivity contribution is -0.384. The Morgan fingerprint density at radius 2 is 1.81 bits per heavy atom. The molecule has 2 rings (SSSR count). The number of ether oxygens (including phenoxy) is 1. The second-order valence-electron chi connectivity index (χ2n) is 7.50. The zero-order chi connectivity index (χ0) is 23.7. The van der Waals surface area contributed by atoms with E-state index in [1.54, 1.807) is 13.8 Å². The monoisotopic (exact) mass is 462 g/mol. The predicted octanol–water partition coefficient (Wildman–Crippen LogP) is 4.50. The molecule has 0 aliphatic rings. The van der Waals surface area contributed by atoms with Crippen molar-refractivity contribution in [1.29, 1.82) is 0 Å². The van der Waals surface area contributed by atoms with Crippen LogP contribution in [-0.2, 0) is 10.0 Å². The number of hydrogen-bond acceptors (Lipinski definition) is 7. The molecule has 2 aromatic rings. The molecule has 0 aromatic heterocycles. The van der Waals surface area contributed by atoms with E-state index in [9.17, 15) is 18.5 Å². The van der Waals surface area contributed by atoms with Crippen molar-refractivity contribution in [1.82, 2.24) is 4.31 Å². The fourth-order valence-corrected chi connectivity index (χ4v) is 4.35. The molecule has 0 spiro atoms. The van der Waals surface area contributed by atoms with E-state index in [1.165, 1.54) is 22.7 Å². The van der Waals surface area contributed by atoms with Crippen molar-refractivity contribution >= 4 is 27.6 Å². The number of nitrogens with one attached hydrogen (secondary N) is 1. The first kappa shape index (κ1) is 25.3. The SMILES string of the molecule is CCN(CC)S(=O)(=O)c1ccc(N/N=C\c2ccc(OCCC(C)C)cc2)c([N+](=O)[O-])c1. The maximum Gasteiger partial charge on any atom is 0.295 e. The highest BCUT2D eigenvalue weighted by atomic mass is 32.2.